The van der Waals surface area contributed by atoms with Crippen LogP contribution in [-0.2, 0) is 16.1 Å². The molecule has 122 valence electrons. The number of hydrogen-bond donors (Lipinski definition) is 3. The van der Waals surface area contributed by atoms with E-state index in [0.717, 1.165) is 5.56 Å². The molecule has 0 saturated carbocycles. The number of carboxylic acids is 1. The fraction of sp³-hybridized carbons (Fsp3) is 0.500. The van der Waals surface area contributed by atoms with Gasteiger partial charge in [0, 0.05) is 32.7 Å². The summed E-state index contributed by atoms with van der Waals surface area (Å²) in [6.45, 7) is 1.94. The number of rotatable bonds is 11. The Kier molecular flexibility index (Phi) is 8.86. The molecule has 0 aliphatic rings. The maximum absolute atomic E-state index is 12.2. The van der Waals surface area contributed by atoms with E-state index in [9.17, 15) is 9.59 Å². The van der Waals surface area contributed by atoms with Gasteiger partial charge < -0.3 is 20.4 Å². The minimum atomic E-state index is -0.910. The monoisotopic (exact) mass is 308 g/mol. The normalized spacial score (nSPS) is 10.4. The molecule has 0 atom stereocenters. The van der Waals surface area contributed by atoms with Gasteiger partial charge in [-0.1, -0.05) is 30.3 Å². The zero-order valence-corrected chi connectivity index (χ0v) is 12.7. The fourth-order valence-corrected chi connectivity index (χ4v) is 2.01. The molecule has 6 nitrogen and oxygen atoms in total. The van der Waals surface area contributed by atoms with Crippen LogP contribution in [0.4, 0.5) is 0 Å². The molecule has 1 rings (SSSR count). The first-order chi connectivity index (χ1) is 10.6. The quantitative estimate of drug-likeness (QED) is 0.527. The van der Waals surface area contributed by atoms with Crippen molar-refractivity contribution in [2.24, 2.45) is 0 Å². The molecule has 1 amide bonds. The van der Waals surface area contributed by atoms with Crippen molar-refractivity contribution in [2.45, 2.75) is 25.8 Å². The Bertz CT molecular complexity index is 451. The molecular weight excluding hydrogens is 284 g/mol. The van der Waals surface area contributed by atoms with Gasteiger partial charge in [0.1, 0.15) is 0 Å². The summed E-state index contributed by atoms with van der Waals surface area (Å²) in [6, 6.07) is 9.52. The number of aliphatic hydroxyl groups excluding tert-OH is 1. The summed E-state index contributed by atoms with van der Waals surface area (Å²) < 4.78 is 0. The highest BCUT2D eigenvalue weighted by Crippen LogP contribution is 2.07. The van der Waals surface area contributed by atoms with E-state index in [1.54, 1.807) is 4.90 Å². The first-order valence-corrected chi connectivity index (χ1v) is 7.48. The van der Waals surface area contributed by atoms with Crippen molar-refractivity contribution in [3.8, 4) is 0 Å². The molecule has 1 aromatic rings. The maximum Gasteiger partial charge on any atom is 0.305 e. The zero-order valence-electron chi connectivity index (χ0n) is 12.7. The van der Waals surface area contributed by atoms with Gasteiger partial charge in [-0.2, -0.15) is 0 Å². The summed E-state index contributed by atoms with van der Waals surface area (Å²) >= 11 is 0. The summed E-state index contributed by atoms with van der Waals surface area (Å²) in [5, 5.41) is 20.6. The van der Waals surface area contributed by atoms with Crippen molar-refractivity contribution in [3.63, 3.8) is 0 Å². The lowest BCUT2D eigenvalue weighted by molar-refractivity contribution is -0.138. The second-order valence-corrected chi connectivity index (χ2v) is 5.02. The number of carbonyl (C=O) groups is 2. The van der Waals surface area contributed by atoms with E-state index in [4.69, 9.17) is 10.2 Å². The van der Waals surface area contributed by atoms with Gasteiger partial charge in [-0.25, -0.2) is 0 Å². The zero-order chi connectivity index (χ0) is 16.2. The predicted octanol–water partition coefficient (Wildman–Crippen LogP) is 0.852. The average molecular weight is 308 g/mol. The Balaban J connectivity index is 2.49. The van der Waals surface area contributed by atoms with Crippen LogP contribution in [0.1, 0.15) is 24.8 Å². The van der Waals surface area contributed by atoms with E-state index < -0.39 is 5.97 Å². The summed E-state index contributed by atoms with van der Waals surface area (Å²) in [7, 11) is 0. The molecule has 0 radical (unpaired) electrons. The lowest BCUT2D eigenvalue weighted by Crippen LogP contribution is -2.34. The number of nitrogens with one attached hydrogen (secondary N) is 1. The van der Waals surface area contributed by atoms with E-state index in [-0.39, 0.29) is 25.5 Å². The number of aliphatic hydroxyl groups is 1. The molecule has 6 heteroatoms. The number of nitrogens with zero attached hydrogens (tertiary/aromatic N) is 1. The lowest BCUT2D eigenvalue weighted by atomic mass is 10.2. The first-order valence-electron chi connectivity index (χ1n) is 7.48. The van der Waals surface area contributed by atoms with Crippen LogP contribution in [0.15, 0.2) is 30.3 Å². The molecule has 3 N–H and O–H groups in total. The third-order valence-corrected chi connectivity index (χ3v) is 3.19. The van der Waals surface area contributed by atoms with Crippen LogP contribution in [-0.4, -0.2) is 53.2 Å². The van der Waals surface area contributed by atoms with Crippen LogP contribution in [0.25, 0.3) is 0 Å². The van der Waals surface area contributed by atoms with Gasteiger partial charge in [-0.05, 0) is 18.5 Å². The van der Waals surface area contributed by atoms with Crippen molar-refractivity contribution in [1.29, 1.82) is 0 Å². The topological polar surface area (TPSA) is 89.9 Å². The number of amides is 1. The number of hydrogen-bond acceptors (Lipinski definition) is 4. The third kappa shape index (κ3) is 7.75. The fourth-order valence-electron chi connectivity index (χ4n) is 2.01. The Morgan fingerprint density at radius 3 is 2.45 bits per heavy atom. The van der Waals surface area contributed by atoms with Gasteiger partial charge in [0.15, 0.2) is 0 Å². The lowest BCUT2D eigenvalue weighted by Gasteiger charge is -2.22. The Hall–Kier alpha value is -1.92. The van der Waals surface area contributed by atoms with Gasteiger partial charge in [0.05, 0.1) is 6.42 Å². The van der Waals surface area contributed by atoms with Gasteiger partial charge >= 0.3 is 5.97 Å². The molecule has 1 aromatic carbocycles. The van der Waals surface area contributed by atoms with Crippen LogP contribution >= 0.6 is 0 Å². The van der Waals surface area contributed by atoms with Gasteiger partial charge in [-0.15, -0.1) is 0 Å². The molecule has 0 aliphatic heterocycles. The van der Waals surface area contributed by atoms with E-state index in [2.05, 4.69) is 5.32 Å². The SMILES string of the molecule is O=C(O)CCN(Cc1ccccc1)C(=O)CCNCCCO. The highest BCUT2D eigenvalue weighted by atomic mass is 16.4. The summed E-state index contributed by atoms with van der Waals surface area (Å²) in [5.41, 5.74) is 0.981. The highest BCUT2D eigenvalue weighted by Gasteiger charge is 2.14. The van der Waals surface area contributed by atoms with Crippen molar-refractivity contribution in [2.75, 3.05) is 26.2 Å². The van der Waals surface area contributed by atoms with Crippen LogP contribution in [0.2, 0.25) is 0 Å². The van der Waals surface area contributed by atoms with E-state index in [1.165, 1.54) is 0 Å². The predicted molar refractivity (Wildman–Crippen MR) is 83.3 cm³/mol. The minimum absolute atomic E-state index is 0.0590. The number of benzene rings is 1. The third-order valence-electron chi connectivity index (χ3n) is 3.19. The molecule has 0 bridgehead atoms. The van der Waals surface area contributed by atoms with Crippen molar-refractivity contribution >= 4 is 11.9 Å². The van der Waals surface area contributed by atoms with E-state index in [0.29, 0.717) is 32.5 Å². The summed E-state index contributed by atoms with van der Waals surface area (Å²) in [5.74, 6) is -0.978. The molecule has 0 aromatic heterocycles. The van der Waals surface area contributed by atoms with Crippen LogP contribution < -0.4 is 5.32 Å². The molecule has 0 aliphatic carbocycles. The van der Waals surface area contributed by atoms with Crippen LogP contribution in [0.3, 0.4) is 0 Å². The molecule has 0 saturated heterocycles. The highest BCUT2D eigenvalue weighted by molar-refractivity contribution is 5.77. The smallest absolute Gasteiger partial charge is 0.305 e. The van der Waals surface area contributed by atoms with Crippen LogP contribution in [0.5, 0.6) is 0 Å². The molecule has 0 fully saturated rings. The summed E-state index contributed by atoms with van der Waals surface area (Å²) in [6.07, 6.45) is 0.912. The van der Waals surface area contributed by atoms with Gasteiger partial charge in [-0.3, -0.25) is 9.59 Å². The first kappa shape index (κ1) is 18.1. The largest absolute Gasteiger partial charge is 0.481 e. The molecule has 0 unspecified atom stereocenters. The van der Waals surface area contributed by atoms with E-state index in [1.807, 2.05) is 30.3 Å². The van der Waals surface area contributed by atoms with Crippen molar-refractivity contribution in [3.05, 3.63) is 35.9 Å². The van der Waals surface area contributed by atoms with Gasteiger partial charge in [0.25, 0.3) is 0 Å². The van der Waals surface area contributed by atoms with Crippen molar-refractivity contribution < 1.29 is 19.8 Å². The Morgan fingerprint density at radius 2 is 1.82 bits per heavy atom. The van der Waals surface area contributed by atoms with E-state index >= 15 is 0 Å². The number of carboxylic acid groups (broad SMARTS) is 1. The molecular formula is C16H24N2O4. The molecule has 0 spiro atoms. The Morgan fingerprint density at radius 1 is 1.09 bits per heavy atom. The second-order valence-electron chi connectivity index (χ2n) is 5.02. The number of aliphatic carboxylic acids is 1. The standard InChI is InChI=1S/C16H24N2O4/c19-12-4-9-17-10-7-15(20)18(11-8-16(21)22)13-14-5-2-1-3-6-14/h1-3,5-6,17,19H,4,7-13H2,(H,21,22). The van der Waals surface area contributed by atoms with Crippen molar-refractivity contribution in [1.82, 2.24) is 10.2 Å². The Labute approximate surface area is 130 Å². The van der Waals surface area contributed by atoms with Crippen LogP contribution in [0, 0.1) is 0 Å². The average Bonchev–Trinajstić information content (AvgIpc) is 2.51. The second kappa shape index (κ2) is 10.8. The van der Waals surface area contributed by atoms with Gasteiger partial charge in [0.2, 0.25) is 5.91 Å². The maximum atomic E-state index is 12.2. The molecule has 22 heavy (non-hydrogen) atoms. The number of carbonyl (C=O) groups excluding carboxylic acids is 1. The summed E-state index contributed by atoms with van der Waals surface area (Å²) in [4.78, 5) is 24.6. The minimum Gasteiger partial charge on any atom is -0.481 e. The molecule has 0 heterocycles.